The molecule has 2 aromatic heterocycles. The molecule has 0 bridgehead atoms. The number of benzene rings is 1. The fraction of sp³-hybridized carbons (Fsp3) is 0.211. The summed E-state index contributed by atoms with van der Waals surface area (Å²) in [6.07, 6.45) is 4.84. The summed E-state index contributed by atoms with van der Waals surface area (Å²) in [5, 5.41) is 5.69. The number of rotatable bonds is 7. The number of hydrogen-bond acceptors (Lipinski definition) is 4. The molecule has 0 aliphatic heterocycles. The third-order valence-electron chi connectivity index (χ3n) is 3.94. The molecule has 4 nitrogen and oxygen atoms in total. The fourth-order valence-electron chi connectivity index (χ4n) is 2.61. The summed E-state index contributed by atoms with van der Waals surface area (Å²) in [6.45, 7) is 0.572. The first-order valence-corrected chi connectivity index (χ1v) is 9.33. The molecule has 0 aliphatic carbocycles. The Labute approximate surface area is 155 Å². The van der Waals surface area contributed by atoms with Crippen LogP contribution in [-0.4, -0.2) is 22.4 Å². The topological polar surface area (TPSA) is 54.9 Å². The Bertz CT molecular complexity index is 791. The minimum absolute atomic E-state index is 0.00867. The summed E-state index contributed by atoms with van der Waals surface area (Å²) in [5.74, 6) is -0.260. The molecule has 1 amide bonds. The van der Waals surface area contributed by atoms with Crippen molar-refractivity contribution in [2.45, 2.75) is 18.8 Å². The molecule has 1 N–H and O–H groups in total. The highest BCUT2D eigenvalue weighted by atomic mass is 35.5. The van der Waals surface area contributed by atoms with Crippen molar-refractivity contribution in [3.05, 3.63) is 81.5 Å². The largest absolute Gasteiger partial charge is 0.355 e. The van der Waals surface area contributed by atoms with E-state index >= 15 is 0 Å². The van der Waals surface area contributed by atoms with E-state index in [1.165, 1.54) is 0 Å². The molecule has 2 heterocycles. The molecular weight excluding hydrogens is 354 g/mol. The van der Waals surface area contributed by atoms with E-state index < -0.39 is 0 Å². The van der Waals surface area contributed by atoms with Crippen LogP contribution in [0, 0.1) is 0 Å². The van der Waals surface area contributed by atoms with Crippen molar-refractivity contribution < 1.29 is 4.79 Å². The van der Waals surface area contributed by atoms with E-state index in [9.17, 15) is 4.79 Å². The van der Waals surface area contributed by atoms with Gasteiger partial charge in [0.1, 0.15) is 0 Å². The van der Waals surface area contributed by atoms with E-state index in [2.05, 4.69) is 15.3 Å². The number of nitrogens with one attached hydrogen (secondary N) is 1. The highest BCUT2D eigenvalue weighted by molar-refractivity contribution is 7.07. The third-order valence-corrected chi connectivity index (χ3v) is 4.83. The Balaban J connectivity index is 1.70. The van der Waals surface area contributed by atoms with Crippen LogP contribution >= 0.6 is 22.9 Å². The molecule has 0 saturated carbocycles. The van der Waals surface area contributed by atoms with Crippen molar-refractivity contribution in [2.24, 2.45) is 0 Å². The van der Waals surface area contributed by atoms with Crippen LogP contribution in [0.3, 0.4) is 0 Å². The van der Waals surface area contributed by atoms with Gasteiger partial charge in [0, 0.05) is 35.8 Å². The first-order valence-electron chi connectivity index (χ1n) is 8.01. The van der Waals surface area contributed by atoms with Crippen molar-refractivity contribution in [3.63, 3.8) is 0 Å². The average Bonchev–Trinajstić information content (AvgIpc) is 3.15. The smallest absolute Gasteiger partial charge is 0.227 e. The summed E-state index contributed by atoms with van der Waals surface area (Å²) in [5.41, 5.74) is 4.83. The Morgan fingerprint density at radius 1 is 1.16 bits per heavy atom. The number of aromatic nitrogens is 2. The Hall–Kier alpha value is -2.24. The summed E-state index contributed by atoms with van der Waals surface area (Å²) in [4.78, 5) is 21.1. The van der Waals surface area contributed by atoms with E-state index in [0.29, 0.717) is 18.0 Å². The van der Waals surface area contributed by atoms with Gasteiger partial charge in [-0.15, -0.1) is 11.3 Å². The molecule has 0 aliphatic rings. The van der Waals surface area contributed by atoms with Crippen molar-refractivity contribution in [2.75, 3.05) is 6.54 Å². The van der Waals surface area contributed by atoms with E-state index in [0.717, 1.165) is 23.2 Å². The van der Waals surface area contributed by atoms with Crippen molar-refractivity contribution >= 4 is 28.8 Å². The van der Waals surface area contributed by atoms with Crippen LogP contribution in [0.4, 0.5) is 0 Å². The van der Waals surface area contributed by atoms with E-state index in [1.54, 1.807) is 29.2 Å². The van der Waals surface area contributed by atoms with Gasteiger partial charge in [0.2, 0.25) is 5.91 Å². The minimum Gasteiger partial charge on any atom is -0.355 e. The van der Waals surface area contributed by atoms with Gasteiger partial charge in [-0.2, -0.15) is 0 Å². The van der Waals surface area contributed by atoms with E-state index in [1.807, 2.05) is 41.8 Å². The highest BCUT2D eigenvalue weighted by Gasteiger charge is 2.21. The van der Waals surface area contributed by atoms with Gasteiger partial charge in [0.25, 0.3) is 0 Å². The number of pyridine rings is 1. The van der Waals surface area contributed by atoms with Crippen LogP contribution in [0.1, 0.15) is 22.7 Å². The number of nitrogens with zero attached hydrogens (tertiary/aromatic N) is 2. The van der Waals surface area contributed by atoms with Crippen LogP contribution < -0.4 is 5.32 Å². The molecule has 25 heavy (non-hydrogen) atoms. The van der Waals surface area contributed by atoms with Crippen molar-refractivity contribution in [1.82, 2.24) is 15.3 Å². The molecule has 128 valence electrons. The van der Waals surface area contributed by atoms with Crippen LogP contribution in [0.2, 0.25) is 5.02 Å². The fourth-order valence-corrected chi connectivity index (χ4v) is 3.33. The minimum atomic E-state index is -0.268. The Morgan fingerprint density at radius 2 is 1.92 bits per heavy atom. The number of carbonyl (C=O) groups is 1. The van der Waals surface area contributed by atoms with Gasteiger partial charge in [0.05, 0.1) is 17.1 Å². The molecule has 3 aromatic rings. The zero-order valence-corrected chi connectivity index (χ0v) is 15.1. The average molecular weight is 372 g/mol. The molecule has 6 heteroatoms. The van der Waals surface area contributed by atoms with Gasteiger partial charge >= 0.3 is 0 Å². The zero-order chi connectivity index (χ0) is 17.5. The summed E-state index contributed by atoms with van der Waals surface area (Å²) >= 11 is 7.54. The first kappa shape index (κ1) is 17.6. The monoisotopic (exact) mass is 371 g/mol. The van der Waals surface area contributed by atoms with Crippen LogP contribution in [0.25, 0.3) is 0 Å². The normalized spacial score (nSPS) is 11.9. The maximum atomic E-state index is 12.8. The maximum Gasteiger partial charge on any atom is 0.227 e. The van der Waals surface area contributed by atoms with E-state index in [4.69, 9.17) is 11.6 Å². The third kappa shape index (κ3) is 5.11. The second-order valence-electron chi connectivity index (χ2n) is 5.68. The summed E-state index contributed by atoms with van der Waals surface area (Å²) in [7, 11) is 0. The number of carbonyl (C=O) groups excluding carboxylic acids is 1. The number of halogens is 1. The number of amides is 1. The molecule has 0 fully saturated rings. The maximum absolute atomic E-state index is 12.8. The van der Waals surface area contributed by atoms with Gasteiger partial charge in [-0.3, -0.25) is 9.78 Å². The van der Waals surface area contributed by atoms with Gasteiger partial charge in [-0.25, -0.2) is 4.98 Å². The Morgan fingerprint density at radius 3 is 2.60 bits per heavy atom. The Kier molecular flexibility index (Phi) is 6.14. The lowest BCUT2D eigenvalue weighted by molar-refractivity contribution is -0.122. The van der Waals surface area contributed by atoms with Gasteiger partial charge in [-0.1, -0.05) is 23.7 Å². The highest BCUT2D eigenvalue weighted by Crippen LogP contribution is 2.23. The summed E-state index contributed by atoms with van der Waals surface area (Å²) < 4.78 is 0. The second-order valence-corrected chi connectivity index (χ2v) is 6.84. The van der Waals surface area contributed by atoms with Crippen molar-refractivity contribution in [1.29, 1.82) is 0 Å². The lowest BCUT2D eigenvalue weighted by atomic mass is 9.91. The molecular formula is C19H18ClN3OS. The van der Waals surface area contributed by atoms with E-state index in [-0.39, 0.29) is 11.8 Å². The van der Waals surface area contributed by atoms with Gasteiger partial charge < -0.3 is 5.32 Å². The van der Waals surface area contributed by atoms with Crippen LogP contribution in [0.15, 0.2) is 59.7 Å². The quantitative estimate of drug-likeness (QED) is 0.685. The number of hydrogen-bond donors (Lipinski definition) is 1. The molecule has 1 aromatic carbocycles. The second kappa shape index (κ2) is 8.74. The SMILES string of the molecule is O=C(NCCc1cscn1)C(Cc1ccncc1)c1ccc(Cl)cc1. The predicted octanol–water partition coefficient (Wildman–Crippen LogP) is 3.88. The predicted molar refractivity (Wildman–Crippen MR) is 101 cm³/mol. The molecule has 1 unspecified atom stereocenters. The van der Waals surface area contributed by atoms with Gasteiger partial charge in [0.15, 0.2) is 0 Å². The van der Waals surface area contributed by atoms with Crippen LogP contribution in [0.5, 0.6) is 0 Å². The number of thiazole rings is 1. The lowest BCUT2D eigenvalue weighted by Crippen LogP contribution is -2.32. The summed E-state index contributed by atoms with van der Waals surface area (Å²) in [6, 6.07) is 11.3. The first-order chi connectivity index (χ1) is 12.2. The van der Waals surface area contributed by atoms with Crippen molar-refractivity contribution in [3.8, 4) is 0 Å². The lowest BCUT2D eigenvalue weighted by Gasteiger charge is -2.17. The molecule has 3 rings (SSSR count). The zero-order valence-electron chi connectivity index (χ0n) is 13.6. The molecule has 1 atom stereocenters. The van der Waals surface area contributed by atoms with Crippen LogP contribution in [-0.2, 0) is 17.6 Å². The standard InChI is InChI=1S/C19H18ClN3OS/c20-16-3-1-15(2-4-16)18(11-14-5-8-21-9-6-14)19(24)22-10-7-17-12-25-13-23-17/h1-6,8-9,12-13,18H,7,10-11H2,(H,22,24). The molecule has 0 spiro atoms. The van der Waals surface area contributed by atoms with Gasteiger partial charge in [-0.05, 0) is 41.8 Å². The molecule has 0 radical (unpaired) electrons. The molecule has 0 saturated heterocycles.